The van der Waals surface area contributed by atoms with E-state index in [-0.39, 0.29) is 30.4 Å². The number of hydrogen-bond donors (Lipinski definition) is 1. The Morgan fingerprint density at radius 2 is 1.71 bits per heavy atom. The molecule has 1 aromatic rings. The summed E-state index contributed by atoms with van der Waals surface area (Å²) in [6, 6.07) is 2.55. The Labute approximate surface area is 133 Å². The van der Waals surface area contributed by atoms with Crippen LogP contribution in [-0.4, -0.2) is 31.1 Å². The lowest BCUT2D eigenvalue weighted by molar-refractivity contribution is -0.139. The number of halogens is 6. The van der Waals surface area contributed by atoms with E-state index in [0.717, 1.165) is 18.2 Å². The van der Waals surface area contributed by atoms with Crippen molar-refractivity contribution in [2.45, 2.75) is 19.1 Å². The molecule has 0 bridgehead atoms. The molecule has 0 aliphatic carbocycles. The normalized spacial score (nSPS) is 17.6. The van der Waals surface area contributed by atoms with Crippen LogP contribution in [0.25, 0.3) is 0 Å². The molecule has 1 aliphatic heterocycles. The van der Waals surface area contributed by atoms with Gasteiger partial charge in [0.25, 0.3) is 0 Å². The van der Waals surface area contributed by atoms with Crippen molar-refractivity contribution in [3.63, 3.8) is 0 Å². The van der Waals surface area contributed by atoms with Crippen LogP contribution in [0.2, 0.25) is 0 Å². The monoisotopic (exact) mass is 348 g/mol. The summed E-state index contributed by atoms with van der Waals surface area (Å²) in [5, 5.41) is 3.12. The molecule has 0 spiro atoms. The van der Waals surface area contributed by atoms with Gasteiger partial charge in [-0.3, -0.25) is 4.90 Å². The first-order chi connectivity index (χ1) is 8.91. The summed E-state index contributed by atoms with van der Waals surface area (Å²) in [6.45, 7) is 4.28. The van der Waals surface area contributed by atoms with Crippen molar-refractivity contribution in [1.29, 1.82) is 0 Å². The SMILES string of the molecule is C[C@H](c1c(F)cccc1C(F)(F)F)N1CCNCC1.Cl.Cl. The summed E-state index contributed by atoms with van der Waals surface area (Å²) in [4.78, 5) is 1.87. The van der Waals surface area contributed by atoms with E-state index in [9.17, 15) is 17.6 Å². The molecular weight excluding hydrogens is 331 g/mol. The van der Waals surface area contributed by atoms with Crippen LogP contribution in [-0.2, 0) is 6.18 Å². The maximum Gasteiger partial charge on any atom is 0.416 e. The van der Waals surface area contributed by atoms with Crippen LogP contribution in [0.5, 0.6) is 0 Å². The molecule has 1 saturated heterocycles. The van der Waals surface area contributed by atoms with Gasteiger partial charge in [0.1, 0.15) is 5.82 Å². The van der Waals surface area contributed by atoms with Crippen molar-refractivity contribution in [2.24, 2.45) is 0 Å². The van der Waals surface area contributed by atoms with Crippen molar-refractivity contribution >= 4 is 24.8 Å². The van der Waals surface area contributed by atoms with E-state index in [1.54, 1.807) is 6.92 Å². The van der Waals surface area contributed by atoms with Gasteiger partial charge >= 0.3 is 6.18 Å². The van der Waals surface area contributed by atoms with Gasteiger partial charge in [0.05, 0.1) is 5.56 Å². The van der Waals surface area contributed by atoms with Crippen molar-refractivity contribution in [2.75, 3.05) is 26.2 Å². The Morgan fingerprint density at radius 3 is 2.24 bits per heavy atom. The van der Waals surface area contributed by atoms with Crippen LogP contribution in [0.1, 0.15) is 24.1 Å². The van der Waals surface area contributed by atoms with Crippen LogP contribution in [0.3, 0.4) is 0 Å². The lowest BCUT2D eigenvalue weighted by Crippen LogP contribution is -2.45. The first-order valence-electron chi connectivity index (χ1n) is 6.21. The number of hydrogen-bond acceptors (Lipinski definition) is 2. The number of rotatable bonds is 2. The van der Waals surface area contributed by atoms with Crippen molar-refractivity contribution < 1.29 is 17.6 Å². The predicted octanol–water partition coefficient (Wildman–Crippen LogP) is 3.65. The minimum absolute atomic E-state index is 0. The van der Waals surface area contributed by atoms with Crippen molar-refractivity contribution in [3.05, 3.63) is 35.1 Å². The van der Waals surface area contributed by atoms with Crippen LogP contribution >= 0.6 is 24.8 Å². The highest BCUT2D eigenvalue weighted by Gasteiger charge is 2.37. The standard InChI is InChI=1S/C13H16F4N2.2ClH/c1-9(19-7-5-18-6-8-19)12-10(13(15,16)17)3-2-4-11(12)14;;/h2-4,9,18H,5-8H2,1H3;2*1H/t9-;;/m1../s1. The lowest BCUT2D eigenvalue weighted by Gasteiger charge is -2.34. The second-order valence-corrected chi connectivity index (χ2v) is 4.66. The lowest BCUT2D eigenvalue weighted by atomic mass is 9.98. The Bertz CT molecular complexity index is 448. The third kappa shape index (κ3) is 4.71. The fraction of sp³-hybridized carbons (Fsp3) is 0.538. The molecule has 0 unspecified atom stereocenters. The van der Waals surface area contributed by atoms with Crippen molar-refractivity contribution in [3.8, 4) is 0 Å². The Kier molecular flexibility index (Phi) is 7.95. The largest absolute Gasteiger partial charge is 0.416 e. The second-order valence-electron chi connectivity index (χ2n) is 4.66. The average molecular weight is 349 g/mol. The van der Waals surface area contributed by atoms with E-state index in [1.165, 1.54) is 0 Å². The molecule has 1 N–H and O–H groups in total. The van der Waals surface area contributed by atoms with E-state index in [0.29, 0.717) is 26.2 Å². The Balaban J connectivity index is 0.00000200. The van der Waals surface area contributed by atoms with Gasteiger partial charge < -0.3 is 5.32 Å². The van der Waals surface area contributed by atoms with Gasteiger partial charge in [-0.2, -0.15) is 13.2 Å². The Morgan fingerprint density at radius 1 is 1.14 bits per heavy atom. The molecule has 0 radical (unpaired) electrons. The zero-order valence-corrected chi connectivity index (χ0v) is 13.0. The van der Waals surface area contributed by atoms with Gasteiger partial charge in [0.15, 0.2) is 0 Å². The summed E-state index contributed by atoms with van der Waals surface area (Å²) in [5.41, 5.74) is -1.13. The summed E-state index contributed by atoms with van der Waals surface area (Å²) < 4.78 is 52.7. The van der Waals surface area contributed by atoms with Crippen molar-refractivity contribution in [1.82, 2.24) is 10.2 Å². The highest BCUT2D eigenvalue weighted by Crippen LogP contribution is 2.37. The van der Waals surface area contributed by atoms with Crippen LogP contribution in [0.15, 0.2) is 18.2 Å². The summed E-state index contributed by atoms with van der Waals surface area (Å²) in [5.74, 6) is -0.791. The molecule has 0 amide bonds. The molecule has 0 saturated carbocycles. The number of piperazine rings is 1. The zero-order chi connectivity index (χ0) is 14.0. The third-order valence-electron chi connectivity index (χ3n) is 3.48. The fourth-order valence-electron chi connectivity index (χ4n) is 2.46. The van der Waals surface area contributed by atoms with Crippen LogP contribution in [0, 0.1) is 5.82 Å². The number of nitrogens with zero attached hydrogens (tertiary/aromatic N) is 1. The minimum atomic E-state index is -4.53. The van der Waals surface area contributed by atoms with Gasteiger partial charge in [-0.1, -0.05) is 6.07 Å². The quantitative estimate of drug-likeness (QED) is 0.820. The highest BCUT2D eigenvalue weighted by atomic mass is 35.5. The van der Waals surface area contributed by atoms with Crippen LogP contribution in [0.4, 0.5) is 17.6 Å². The average Bonchev–Trinajstić information content (AvgIpc) is 2.37. The van der Waals surface area contributed by atoms with Gasteiger partial charge in [-0.25, -0.2) is 4.39 Å². The van der Waals surface area contributed by atoms with E-state index in [4.69, 9.17) is 0 Å². The van der Waals surface area contributed by atoms with E-state index >= 15 is 0 Å². The van der Waals surface area contributed by atoms with Gasteiger partial charge in [-0.15, -0.1) is 24.8 Å². The molecule has 2 rings (SSSR count). The molecule has 8 heteroatoms. The molecular formula is C13H18Cl2F4N2. The predicted molar refractivity (Wildman–Crippen MR) is 78.8 cm³/mol. The first kappa shape index (κ1) is 20.4. The topological polar surface area (TPSA) is 15.3 Å². The van der Waals surface area contributed by atoms with Gasteiger partial charge in [-0.05, 0) is 19.1 Å². The third-order valence-corrected chi connectivity index (χ3v) is 3.48. The number of alkyl halides is 3. The summed E-state index contributed by atoms with van der Waals surface area (Å²) >= 11 is 0. The molecule has 2 nitrogen and oxygen atoms in total. The first-order valence-corrected chi connectivity index (χ1v) is 6.21. The van der Waals surface area contributed by atoms with Gasteiger partial charge in [0, 0.05) is 37.8 Å². The number of nitrogens with one attached hydrogen (secondary N) is 1. The molecule has 21 heavy (non-hydrogen) atoms. The molecule has 1 aliphatic rings. The molecule has 1 fully saturated rings. The summed E-state index contributed by atoms with van der Waals surface area (Å²) in [7, 11) is 0. The van der Waals surface area contributed by atoms with E-state index < -0.39 is 23.6 Å². The highest BCUT2D eigenvalue weighted by molar-refractivity contribution is 5.85. The molecule has 1 heterocycles. The maximum atomic E-state index is 13.8. The molecule has 122 valence electrons. The Hall–Kier alpha value is -0.560. The maximum absolute atomic E-state index is 13.8. The second kappa shape index (κ2) is 8.17. The minimum Gasteiger partial charge on any atom is -0.314 e. The molecule has 0 aromatic heterocycles. The number of benzene rings is 1. The van der Waals surface area contributed by atoms with Crippen LogP contribution < -0.4 is 5.32 Å². The van der Waals surface area contributed by atoms with Gasteiger partial charge in [0.2, 0.25) is 0 Å². The smallest absolute Gasteiger partial charge is 0.314 e. The fourth-order valence-corrected chi connectivity index (χ4v) is 2.46. The molecule has 1 atom stereocenters. The van der Waals surface area contributed by atoms with E-state index in [2.05, 4.69) is 5.32 Å². The zero-order valence-electron chi connectivity index (χ0n) is 11.4. The van der Waals surface area contributed by atoms with E-state index in [1.807, 2.05) is 4.90 Å². The summed E-state index contributed by atoms with van der Waals surface area (Å²) in [6.07, 6.45) is -4.53. The molecule has 1 aromatic carbocycles.